The normalized spacial score (nSPS) is 14.1. The molecular formula is C60H101O11P. The van der Waals surface area contributed by atoms with Crippen LogP contribution in [-0.4, -0.2) is 66.5 Å². The third kappa shape index (κ3) is 51.3. The van der Waals surface area contributed by atoms with Gasteiger partial charge in [0, 0.05) is 19.3 Å². The first-order chi connectivity index (χ1) is 35.2. The number of rotatable bonds is 51. The molecule has 0 saturated carbocycles. The number of unbranched alkanes of at least 4 members (excludes halogenated alkanes) is 18. The minimum atomic E-state index is -4.77. The quantitative estimate of drug-likeness (QED) is 0.0197. The second-order valence-electron chi connectivity index (χ2n) is 18.4. The Bertz CT molecular complexity index is 1580. The van der Waals surface area contributed by atoms with Gasteiger partial charge in [0.1, 0.15) is 12.7 Å². The number of carbonyl (C=O) groups is 3. The lowest BCUT2D eigenvalue weighted by Gasteiger charge is -2.21. The van der Waals surface area contributed by atoms with Crippen molar-refractivity contribution in [2.75, 3.05) is 26.4 Å². The van der Waals surface area contributed by atoms with Gasteiger partial charge in [0.15, 0.2) is 6.10 Å². The molecule has 0 radical (unpaired) electrons. The van der Waals surface area contributed by atoms with Crippen LogP contribution in [0.4, 0.5) is 0 Å². The van der Waals surface area contributed by atoms with Crippen molar-refractivity contribution in [2.45, 2.75) is 238 Å². The van der Waals surface area contributed by atoms with Crippen molar-refractivity contribution in [3.05, 3.63) is 97.2 Å². The van der Waals surface area contributed by atoms with E-state index in [0.29, 0.717) is 19.3 Å². The average molecular weight is 1030 g/mol. The smallest absolute Gasteiger partial charge is 0.462 e. The molecule has 0 heterocycles. The van der Waals surface area contributed by atoms with Crippen LogP contribution in [0.3, 0.4) is 0 Å². The Hall–Kier alpha value is -3.60. The summed E-state index contributed by atoms with van der Waals surface area (Å²) in [4.78, 5) is 48.4. The molecule has 0 bridgehead atoms. The number of aliphatic hydroxyl groups excluding tert-OH is 1. The number of phosphoric ester groups is 1. The van der Waals surface area contributed by atoms with E-state index in [-0.39, 0.29) is 25.9 Å². The highest BCUT2D eigenvalue weighted by molar-refractivity contribution is 7.47. The van der Waals surface area contributed by atoms with Crippen LogP contribution in [0.15, 0.2) is 97.2 Å². The zero-order valence-corrected chi connectivity index (χ0v) is 46.3. The summed E-state index contributed by atoms with van der Waals surface area (Å²) in [5.74, 6) is -1.59. The second kappa shape index (κ2) is 53.7. The van der Waals surface area contributed by atoms with Gasteiger partial charge in [0.05, 0.1) is 19.8 Å². The average Bonchev–Trinajstić information content (AvgIpc) is 3.37. The van der Waals surface area contributed by atoms with E-state index in [1.807, 2.05) is 12.2 Å². The van der Waals surface area contributed by atoms with Gasteiger partial charge in [0.2, 0.25) is 0 Å². The summed E-state index contributed by atoms with van der Waals surface area (Å²) in [5.41, 5.74) is 0. The molecule has 0 saturated heterocycles. The maximum absolute atomic E-state index is 12.9. The van der Waals surface area contributed by atoms with Gasteiger partial charge in [-0.2, -0.15) is 0 Å². The van der Waals surface area contributed by atoms with Crippen molar-refractivity contribution in [1.82, 2.24) is 0 Å². The standard InChI is InChI=1S/C60H101O11P/c1-4-7-10-13-16-19-22-25-26-27-28-29-30-33-34-37-40-43-46-49-58(62)67-53-57(71-60(64)51-48-45-42-39-36-32-24-21-18-15-12-9-6-3)55-69-72(65,66)68-54-56(52-61)70-59(63)50-47-44-41-38-35-31-23-20-17-14-11-8-5-2/h7,10,16,19-21,23-26,28-29,33-34,40,43,56-57,61H,4-6,8-9,11-15,17-18,22,27,30-32,35-39,41-42,44-55H2,1-3H3,(H,65,66)/b10-7-,19-16-,23-20-,24-21-,26-25-,29-28-,34-33-,43-40-. The summed E-state index contributed by atoms with van der Waals surface area (Å²) < 4.78 is 39.4. The van der Waals surface area contributed by atoms with Crippen molar-refractivity contribution >= 4 is 25.7 Å². The van der Waals surface area contributed by atoms with E-state index in [9.17, 15) is 28.9 Å². The van der Waals surface area contributed by atoms with Crippen LogP contribution < -0.4 is 0 Å². The number of hydrogen-bond acceptors (Lipinski definition) is 10. The van der Waals surface area contributed by atoms with Gasteiger partial charge in [0.25, 0.3) is 0 Å². The molecule has 0 spiro atoms. The molecular weight excluding hydrogens is 928 g/mol. The Kier molecular flexibility index (Phi) is 51.0. The summed E-state index contributed by atoms with van der Waals surface area (Å²) in [6.45, 7) is 4.38. The van der Waals surface area contributed by atoms with Crippen LogP contribution in [0.1, 0.15) is 226 Å². The van der Waals surface area contributed by atoms with E-state index >= 15 is 0 Å². The SMILES string of the molecule is CC/C=C\C/C=C\C/C=C\C/C=C\C/C=C\C/C=C\CCC(=O)OCC(COP(=O)(O)OCC(CO)OC(=O)CCCCCCC/C=C\CCCCCC)OC(=O)CCCCCCC/C=C\CCCCCC. The van der Waals surface area contributed by atoms with Crippen LogP contribution in [0.5, 0.6) is 0 Å². The Morgan fingerprint density at radius 1 is 0.403 bits per heavy atom. The van der Waals surface area contributed by atoms with Crippen molar-refractivity contribution in [3.8, 4) is 0 Å². The van der Waals surface area contributed by atoms with E-state index < -0.39 is 57.8 Å². The molecule has 0 aromatic heterocycles. The highest BCUT2D eigenvalue weighted by Gasteiger charge is 2.28. The number of allylic oxidation sites excluding steroid dienone is 16. The molecule has 0 aromatic carbocycles. The monoisotopic (exact) mass is 1030 g/mol. The van der Waals surface area contributed by atoms with Crippen molar-refractivity contribution in [3.63, 3.8) is 0 Å². The van der Waals surface area contributed by atoms with Crippen LogP contribution in [0.25, 0.3) is 0 Å². The lowest BCUT2D eigenvalue weighted by Crippen LogP contribution is -2.30. The van der Waals surface area contributed by atoms with Gasteiger partial charge in [-0.15, -0.1) is 0 Å². The number of hydrogen-bond donors (Lipinski definition) is 2. The van der Waals surface area contributed by atoms with E-state index in [1.165, 1.54) is 51.4 Å². The van der Waals surface area contributed by atoms with Crippen LogP contribution in [0.2, 0.25) is 0 Å². The number of ether oxygens (including phenoxy) is 3. The largest absolute Gasteiger partial charge is 0.472 e. The summed E-state index contributed by atoms with van der Waals surface area (Å²) in [7, 11) is -4.77. The molecule has 0 aliphatic heterocycles. The van der Waals surface area contributed by atoms with Crippen molar-refractivity contribution in [1.29, 1.82) is 0 Å². The summed E-state index contributed by atoms with van der Waals surface area (Å²) in [6.07, 6.45) is 62.4. The molecule has 2 N–H and O–H groups in total. The number of phosphoric acid groups is 1. The molecule has 0 amide bonds. The first-order valence-corrected chi connectivity index (χ1v) is 29.6. The molecule has 3 atom stereocenters. The molecule has 0 aromatic rings. The lowest BCUT2D eigenvalue weighted by molar-refractivity contribution is -0.161. The topological polar surface area (TPSA) is 155 Å². The minimum Gasteiger partial charge on any atom is -0.462 e. The second-order valence-corrected chi connectivity index (χ2v) is 19.8. The molecule has 0 aliphatic carbocycles. The Labute approximate surface area is 438 Å². The maximum Gasteiger partial charge on any atom is 0.472 e. The van der Waals surface area contributed by atoms with Crippen LogP contribution >= 0.6 is 7.82 Å². The Balaban J connectivity index is 4.84. The molecule has 0 aliphatic rings. The highest BCUT2D eigenvalue weighted by atomic mass is 31.2. The van der Waals surface area contributed by atoms with Gasteiger partial charge in [-0.25, -0.2) is 4.57 Å². The first-order valence-electron chi connectivity index (χ1n) is 28.1. The molecule has 12 heteroatoms. The van der Waals surface area contributed by atoms with E-state index in [4.69, 9.17) is 23.3 Å². The van der Waals surface area contributed by atoms with Crippen LogP contribution in [0, 0.1) is 0 Å². The van der Waals surface area contributed by atoms with Crippen molar-refractivity contribution in [2.24, 2.45) is 0 Å². The maximum atomic E-state index is 12.9. The predicted molar refractivity (Wildman–Crippen MR) is 297 cm³/mol. The van der Waals surface area contributed by atoms with Crippen LogP contribution in [-0.2, 0) is 42.2 Å². The Morgan fingerprint density at radius 2 is 0.750 bits per heavy atom. The molecule has 412 valence electrons. The number of aliphatic hydroxyl groups is 1. The zero-order chi connectivity index (χ0) is 52.7. The van der Waals surface area contributed by atoms with Gasteiger partial charge >= 0.3 is 25.7 Å². The third-order valence-electron chi connectivity index (χ3n) is 11.5. The summed E-state index contributed by atoms with van der Waals surface area (Å²) in [5, 5.41) is 9.79. The van der Waals surface area contributed by atoms with E-state index in [0.717, 1.165) is 116 Å². The molecule has 0 rings (SSSR count). The number of esters is 3. The molecule has 11 nitrogen and oxygen atoms in total. The fourth-order valence-corrected chi connectivity index (χ4v) is 7.98. The van der Waals surface area contributed by atoms with Gasteiger partial charge in [-0.1, -0.05) is 195 Å². The molecule has 72 heavy (non-hydrogen) atoms. The fourth-order valence-electron chi connectivity index (χ4n) is 7.19. The highest BCUT2D eigenvalue weighted by Crippen LogP contribution is 2.43. The third-order valence-corrected chi connectivity index (χ3v) is 12.4. The first kappa shape index (κ1) is 68.4. The lowest BCUT2D eigenvalue weighted by atomic mass is 10.1. The fraction of sp³-hybridized carbons (Fsp3) is 0.683. The Morgan fingerprint density at radius 3 is 1.17 bits per heavy atom. The van der Waals surface area contributed by atoms with E-state index in [1.54, 1.807) is 0 Å². The summed E-state index contributed by atoms with van der Waals surface area (Å²) in [6, 6.07) is 0. The summed E-state index contributed by atoms with van der Waals surface area (Å²) >= 11 is 0. The van der Waals surface area contributed by atoms with Crippen molar-refractivity contribution < 1.29 is 52.2 Å². The van der Waals surface area contributed by atoms with E-state index in [2.05, 4.69) is 106 Å². The van der Waals surface area contributed by atoms with Gasteiger partial charge in [-0.3, -0.25) is 23.4 Å². The minimum absolute atomic E-state index is 0.0957. The number of carbonyl (C=O) groups excluding carboxylic acids is 3. The zero-order valence-electron chi connectivity index (χ0n) is 45.4. The molecule has 0 fully saturated rings. The van der Waals surface area contributed by atoms with Gasteiger partial charge in [-0.05, 0) is 109 Å². The molecule has 3 unspecified atom stereocenters. The van der Waals surface area contributed by atoms with Gasteiger partial charge < -0.3 is 24.2 Å². The predicted octanol–water partition coefficient (Wildman–Crippen LogP) is 16.5.